The van der Waals surface area contributed by atoms with Gasteiger partial charge in [-0.25, -0.2) is 0 Å². The average Bonchev–Trinajstić information content (AvgIpc) is 2.46. The minimum atomic E-state index is 0.671. The highest BCUT2D eigenvalue weighted by Crippen LogP contribution is 2.25. The van der Waals surface area contributed by atoms with Crippen LogP contribution < -0.4 is 5.32 Å². The van der Waals surface area contributed by atoms with Crippen LogP contribution in [-0.4, -0.2) is 55.6 Å². The van der Waals surface area contributed by atoms with Crippen molar-refractivity contribution in [2.45, 2.75) is 26.2 Å². The summed E-state index contributed by atoms with van der Waals surface area (Å²) in [5.41, 5.74) is 2.66. The van der Waals surface area contributed by atoms with Gasteiger partial charge in [0.15, 0.2) is 0 Å². The van der Waals surface area contributed by atoms with Gasteiger partial charge in [-0.1, -0.05) is 18.7 Å². The molecule has 2 saturated heterocycles. The van der Waals surface area contributed by atoms with Crippen LogP contribution in [0.4, 0.5) is 0 Å². The van der Waals surface area contributed by atoms with Gasteiger partial charge in [0.2, 0.25) is 0 Å². The van der Waals surface area contributed by atoms with E-state index in [9.17, 15) is 0 Å². The van der Waals surface area contributed by atoms with E-state index in [0.29, 0.717) is 5.92 Å². The first-order chi connectivity index (χ1) is 9.16. The van der Waals surface area contributed by atoms with Gasteiger partial charge >= 0.3 is 0 Å². The van der Waals surface area contributed by atoms with Crippen LogP contribution in [0.1, 0.15) is 26.2 Å². The summed E-state index contributed by atoms with van der Waals surface area (Å²) in [6.07, 6.45) is 3.70. The molecule has 0 aliphatic carbocycles. The summed E-state index contributed by atoms with van der Waals surface area (Å²) >= 11 is 0. The number of rotatable bonds is 5. The molecule has 0 aromatic rings. The molecule has 3 nitrogen and oxygen atoms in total. The summed E-state index contributed by atoms with van der Waals surface area (Å²) in [4.78, 5) is 5.03. The molecule has 0 radical (unpaired) electrons. The highest BCUT2D eigenvalue weighted by molar-refractivity contribution is 5.04. The van der Waals surface area contributed by atoms with Crippen LogP contribution >= 0.6 is 0 Å². The lowest BCUT2D eigenvalue weighted by Crippen LogP contribution is -2.44. The highest BCUT2D eigenvalue weighted by Gasteiger charge is 2.21. The maximum Gasteiger partial charge on any atom is 0.0240 e. The Morgan fingerprint density at radius 3 is 2.63 bits per heavy atom. The lowest BCUT2D eigenvalue weighted by Gasteiger charge is -2.37. The number of likely N-dealkylation sites (tertiary alicyclic amines) is 1. The van der Waals surface area contributed by atoms with E-state index in [1.54, 1.807) is 0 Å². The Morgan fingerprint density at radius 1 is 1.21 bits per heavy atom. The third kappa shape index (κ3) is 4.36. The van der Waals surface area contributed by atoms with E-state index in [-0.39, 0.29) is 0 Å². The molecule has 19 heavy (non-hydrogen) atoms. The average molecular weight is 263 g/mol. The number of nitrogens with one attached hydrogen (secondary N) is 1. The molecule has 1 unspecified atom stereocenters. The number of hydrogen-bond acceptors (Lipinski definition) is 3. The Bertz CT molecular complexity index is 318. The van der Waals surface area contributed by atoms with Crippen LogP contribution in [-0.2, 0) is 0 Å². The van der Waals surface area contributed by atoms with Crippen molar-refractivity contribution < 1.29 is 0 Å². The van der Waals surface area contributed by atoms with Crippen molar-refractivity contribution in [2.24, 2.45) is 5.92 Å². The van der Waals surface area contributed by atoms with E-state index >= 15 is 0 Å². The van der Waals surface area contributed by atoms with Gasteiger partial charge in [0.25, 0.3) is 0 Å². The van der Waals surface area contributed by atoms with Gasteiger partial charge in [0, 0.05) is 51.5 Å². The fourth-order valence-electron chi connectivity index (χ4n) is 3.05. The predicted molar refractivity (Wildman–Crippen MR) is 82.2 cm³/mol. The standard InChI is InChI=1S/C16H29N3/c1-14(2)16-5-4-9-19(13-16)15(3)6-10-18-11-7-17-8-12-18/h16-17H,1,3-13H2,2H3. The van der Waals surface area contributed by atoms with E-state index in [1.807, 2.05) is 0 Å². The van der Waals surface area contributed by atoms with Crippen LogP contribution in [0.15, 0.2) is 24.4 Å². The summed E-state index contributed by atoms with van der Waals surface area (Å²) in [5, 5.41) is 3.40. The number of piperazine rings is 1. The molecule has 0 amide bonds. The van der Waals surface area contributed by atoms with Gasteiger partial charge in [-0.15, -0.1) is 0 Å². The SMILES string of the molecule is C=C(C)C1CCCN(C(=C)CCN2CCNCC2)C1. The fraction of sp³-hybridized carbons (Fsp3) is 0.750. The first-order valence-corrected chi connectivity index (χ1v) is 7.68. The quantitative estimate of drug-likeness (QED) is 0.766. The van der Waals surface area contributed by atoms with Gasteiger partial charge in [0.1, 0.15) is 0 Å². The number of piperidine rings is 1. The molecule has 0 saturated carbocycles. The highest BCUT2D eigenvalue weighted by atomic mass is 15.2. The van der Waals surface area contributed by atoms with Crippen LogP contribution in [0.25, 0.3) is 0 Å². The molecule has 2 aliphatic heterocycles. The summed E-state index contributed by atoms with van der Waals surface area (Å²) < 4.78 is 0. The van der Waals surface area contributed by atoms with Gasteiger partial charge in [-0.3, -0.25) is 0 Å². The Kier molecular flexibility index (Phi) is 5.46. The molecular weight excluding hydrogens is 234 g/mol. The zero-order valence-electron chi connectivity index (χ0n) is 12.5. The van der Waals surface area contributed by atoms with Crippen molar-refractivity contribution in [1.29, 1.82) is 0 Å². The smallest absolute Gasteiger partial charge is 0.0240 e. The molecule has 0 aromatic carbocycles. The number of nitrogens with zero attached hydrogens (tertiary/aromatic N) is 2. The maximum absolute atomic E-state index is 4.31. The third-order valence-electron chi connectivity index (χ3n) is 4.49. The van der Waals surface area contributed by atoms with E-state index in [0.717, 1.165) is 32.6 Å². The topological polar surface area (TPSA) is 18.5 Å². The second-order valence-electron chi connectivity index (χ2n) is 6.04. The van der Waals surface area contributed by atoms with Crippen molar-refractivity contribution in [3.05, 3.63) is 24.4 Å². The first kappa shape index (κ1) is 14.6. The first-order valence-electron chi connectivity index (χ1n) is 7.68. The fourth-order valence-corrected chi connectivity index (χ4v) is 3.05. The summed E-state index contributed by atoms with van der Waals surface area (Å²) in [7, 11) is 0. The van der Waals surface area contributed by atoms with E-state index in [1.165, 1.54) is 43.7 Å². The second kappa shape index (κ2) is 7.11. The Hall–Kier alpha value is -0.800. The Labute approximate surface area is 118 Å². The van der Waals surface area contributed by atoms with Crippen LogP contribution in [0, 0.1) is 5.92 Å². The molecule has 0 aromatic heterocycles. The molecule has 1 N–H and O–H groups in total. The molecule has 0 spiro atoms. The van der Waals surface area contributed by atoms with Gasteiger partial charge in [-0.05, 0) is 32.1 Å². The normalized spacial score (nSPS) is 25.3. The van der Waals surface area contributed by atoms with E-state index in [2.05, 4.69) is 35.2 Å². The molecule has 0 bridgehead atoms. The van der Waals surface area contributed by atoms with E-state index < -0.39 is 0 Å². The number of hydrogen-bond donors (Lipinski definition) is 1. The van der Waals surface area contributed by atoms with Gasteiger partial charge in [-0.2, -0.15) is 0 Å². The zero-order valence-corrected chi connectivity index (χ0v) is 12.5. The summed E-state index contributed by atoms with van der Waals surface area (Å²) in [5.74, 6) is 0.671. The van der Waals surface area contributed by atoms with Gasteiger partial charge in [0.05, 0.1) is 0 Å². The van der Waals surface area contributed by atoms with Crippen LogP contribution in [0.3, 0.4) is 0 Å². The molecule has 2 rings (SSSR count). The van der Waals surface area contributed by atoms with Crippen LogP contribution in [0.5, 0.6) is 0 Å². The van der Waals surface area contributed by atoms with Crippen molar-refractivity contribution in [3.63, 3.8) is 0 Å². The minimum Gasteiger partial charge on any atom is -0.375 e. The van der Waals surface area contributed by atoms with Crippen molar-refractivity contribution >= 4 is 0 Å². The molecule has 3 heteroatoms. The molecule has 108 valence electrons. The van der Waals surface area contributed by atoms with E-state index in [4.69, 9.17) is 0 Å². The second-order valence-corrected chi connectivity index (χ2v) is 6.04. The van der Waals surface area contributed by atoms with Crippen LogP contribution in [0.2, 0.25) is 0 Å². The Morgan fingerprint density at radius 2 is 1.95 bits per heavy atom. The Balaban J connectivity index is 1.74. The maximum atomic E-state index is 4.31. The lowest BCUT2D eigenvalue weighted by atomic mass is 9.92. The minimum absolute atomic E-state index is 0.671. The zero-order chi connectivity index (χ0) is 13.7. The third-order valence-corrected chi connectivity index (χ3v) is 4.49. The molecular formula is C16H29N3. The molecule has 2 aliphatic rings. The molecule has 2 heterocycles. The van der Waals surface area contributed by atoms with Crippen molar-refractivity contribution in [2.75, 3.05) is 45.8 Å². The predicted octanol–water partition coefficient (Wildman–Crippen LogP) is 2.08. The summed E-state index contributed by atoms with van der Waals surface area (Å²) in [6.45, 7) is 18.7. The lowest BCUT2D eigenvalue weighted by molar-refractivity contribution is 0.208. The van der Waals surface area contributed by atoms with Crippen molar-refractivity contribution in [3.8, 4) is 0 Å². The van der Waals surface area contributed by atoms with Crippen molar-refractivity contribution in [1.82, 2.24) is 15.1 Å². The summed E-state index contributed by atoms with van der Waals surface area (Å²) in [6, 6.07) is 0. The monoisotopic (exact) mass is 263 g/mol. The molecule has 1 atom stereocenters. The molecule has 2 fully saturated rings. The van der Waals surface area contributed by atoms with Gasteiger partial charge < -0.3 is 15.1 Å². The largest absolute Gasteiger partial charge is 0.375 e.